The molecule has 116 valence electrons. The Morgan fingerprint density at radius 1 is 1.33 bits per heavy atom. The average molecular weight is 311 g/mol. The molecular weight excluding hydrogens is 288 g/mol. The van der Waals surface area contributed by atoms with Crippen molar-refractivity contribution < 1.29 is 9.53 Å². The quantitative estimate of drug-likeness (QED) is 0.926. The van der Waals surface area contributed by atoms with Gasteiger partial charge in [-0.3, -0.25) is 4.79 Å². The predicted molar refractivity (Wildman–Crippen MR) is 86.3 cm³/mol. The number of amides is 1. The third-order valence-electron chi connectivity index (χ3n) is 3.89. The fourth-order valence-corrected chi connectivity index (χ4v) is 2.78. The number of hydrogen-bond acceptors (Lipinski definition) is 3. The Morgan fingerprint density at radius 3 is 2.62 bits per heavy atom. The van der Waals surface area contributed by atoms with Gasteiger partial charge in [0.1, 0.15) is 11.8 Å². The van der Waals surface area contributed by atoms with Crippen molar-refractivity contribution in [1.82, 2.24) is 4.90 Å². The summed E-state index contributed by atoms with van der Waals surface area (Å²) in [5.41, 5.74) is 1.76. The third kappa shape index (κ3) is 3.82. The van der Waals surface area contributed by atoms with Crippen molar-refractivity contribution in [3.05, 3.63) is 22.7 Å². The van der Waals surface area contributed by atoms with Gasteiger partial charge in [-0.05, 0) is 44.7 Å². The summed E-state index contributed by atoms with van der Waals surface area (Å²) in [6.45, 7) is 5.55. The molecule has 5 heteroatoms. The minimum atomic E-state index is -0.280. The van der Waals surface area contributed by atoms with Gasteiger partial charge in [0.15, 0.2) is 0 Å². The number of likely N-dealkylation sites (tertiary alicyclic amines) is 1. The highest BCUT2D eigenvalue weighted by molar-refractivity contribution is 6.31. The molecule has 1 unspecified atom stereocenters. The maximum absolute atomic E-state index is 12.5. The first kappa shape index (κ1) is 16.0. The Morgan fingerprint density at radius 2 is 2.00 bits per heavy atom. The van der Waals surface area contributed by atoms with Crippen molar-refractivity contribution >= 4 is 23.2 Å². The van der Waals surface area contributed by atoms with Gasteiger partial charge in [0.2, 0.25) is 5.91 Å². The maximum atomic E-state index is 12.5. The third-order valence-corrected chi connectivity index (χ3v) is 4.30. The van der Waals surface area contributed by atoms with Crippen LogP contribution in [0.5, 0.6) is 5.75 Å². The molecule has 1 N–H and O–H groups in total. The van der Waals surface area contributed by atoms with Crippen LogP contribution in [0, 0.1) is 6.92 Å². The molecule has 1 aliphatic heterocycles. The summed E-state index contributed by atoms with van der Waals surface area (Å²) in [7, 11) is 1.60. The number of carbonyl (C=O) groups is 1. The first-order valence-corrected chi connectivity index (χ1v) is 7.80. The molecule has 0 aliphatic carbocycles. The lowest BCUT2D eigenvalue weighted by atomic mass is 10.1. The number of benzene rings is 1. The molecule has 21 heavy (non-hydrogen) atoms. The van der Waals surface area contributed by atoms with E-state index in [1.165, 1.54) is 6.42 Å². The molecule has 2 rings (SSSR count). The largest absolute Gasteiger partial charge is 0.495 e. The topological polar surface area (TPSA) is 41.6 Å². The second-order valence-corrected chi connectivity index (χ2v) is 5.96. The minimum Gasteiger partial charge on any atom is -0.495 e. The summed E-state index contributed by atoms with van der Waals surface area (Å²) in [4.78, 5) is 14.4. The molecule has 4 nitrogen and oxygen atoms in total. The van der Waals surface area contributed by atoms with E-state index in [1.807, 2.05) is 24.8 Å². The van der Waals surface area contributed by atoms with E-state index in [1.54, 1.807) is 13.2 Å². The van der Waals surface area contributed by atoms with E-state index in [4.69, 9.17) is 16.3 Å². The number of nitrogens with zero attached hydrogens (tertiary/aromatic N) is 1. The summed E-state index contributed by atoms with van der Waals surface area (Å²) in [5, 5.41) is 3.91. The molecule has 1 saturated heterocycles. The van der Waals surface area contributed by atoms with Crippen LogP contribution in [0.25, 0.3) is 0 Å². The second kappa shape index (κ2) is 7.03. The highest BCUT2D eigenvalue weighted by Gasteiger charge is 2.23. The molecule has 1 heterocycles. The van der Waals surface area contributed by atoms with Gasteiger partial charge in [0, 0.05) is 24.2 Å². The van der Waals surface area contributed by atoms with Gasteiger partial charge < -0.3 is 15.0 Å². The van der Waals surface area contributed by atoms with E-state index < -0.39 is 0 Å². The Labute approximate surface area is 131 Å². The lowest BCUT2D eigenvalue weighted by molar-refractivity contribution is -0.132. The smallest absolute Gasteiger partial charge is 0.244 e. The summed E-state index contributed by atoms with van der Waals surface area (Å²) in [6, 6.07) is 3.41. The highest BCUT2D eigenvalue weighted by atomic mass is 35.5. The number of methoxy groups -OCH3 is 1. The number of piperidine rings is 1. The molecule has 0 spiro atoms. The van der Waals surface area contributed by atoms with Crippen LogP contribution in [0.3, 0.4) is 0 Å². The van der Waals surface area contributed by atoms with Crippen molar-refractivity contribution in [2.75, 3.05) is 25.5 Å². The number of aryl methyl sites for hydroxylation is 1. The number of carbonyl (C=O) groups excluding carboxylic acids is 1. The molecule has 0 saturated carbocycles. The highest BCUT2D eigenvalue weighted by Crippen LogP contribution is 2.31. The molecule has 1 atom stereocenters. The fourth-order valence-electron chi connectivity index (χ4n) is 2.63. The first-order chi connectivity index (χ1) is 10.0. The number of nitrogens with one attached hydrogen (secondary N) is 1. The van der Waals surface area contributed by atoms with Gasteiger partial charge in [-0.1, -0.05) is 11.6 Å². The average Bonchev–Trinajstić information content (AvgIpc) is 2.50. The second-order valence-electron chi connectivity index (χ2n) is 5.55. The lowest BCUT2D eigenvalue weighted by Crippen LogP contribution is -2.43. The predicted octanol–water partition coefficient (Wildman–Crippen LogP) is 3.47. The maximum Gasteiger partial charge on any atom is 0.244 e. The van der Waals surface area contributed by atoms with Gasteiger partial charge >= 0.3 is 0 Å². The Bertz CT molecular complexity index is 513. The van der Waals surface area contributed by atoms with Crippen LogP contribution < -0.4 is 10.1 Å². The van der Waals surface area contributed by atoms with Crippen molar-refractivity contribution in [2.45, 2.75) is 39.2 Å². The normalized spacial score (nSPS) is 16.5. The van der Waals surface area contributed by atoms with E-state index in [-0.39, 0.29) is 11.9 Å². The molecule has 1 aromatic carbocycles. The Balaban J connectivity index is 2.09. The van der Waals surface area contributed by atoms with Crippen molar-refractivity contribution in [3.63, 3.8) is 0 Å². The minimum absolute atomic E-state index is 0.143. The number of rotatable bonds is 4. The summed E-state index contributed by atoms with van der Waals surface area (Å²) in [6.07, 6.45) is 3.42. The molecule has 0 aromatic heterocycles. The zero-order valence-corrected chi connectivity index (χ0v) is 13.7. The van der Waals surface area contributed by atoms with Gasteiger partial charge in [-0.25, -0.2) is 0 Å². The van der Waals surface area contributed by atoms with E-state index >= 15 is 0 Å². The lowest BCUT2D eigenvalue weighted by Gasteiger charge is -2.30. The van der Waals surface area contributed by atoms with Crippen LogP contribution in [0.15, 0.2) is 12.1 Å². The van der Waals surface area contributed by atoms with Crippen LogP contribution >= 0.6 is 11.6 Å². The van der Waals surface area contributed by atoms with Crippen LogP contribution in [0.1, 0.15) is 31.7 Å². The summed E-state index contributed by atoms with van der Waals surface area (Å²) < 4.78 is 5.34. The number of ether oxygens (including phenoxy) is 1. The Hall–Kier alpha value is -1.42. The number of halogens is 1. The molecular formula is C16H23ClN2O2. The molecule has 1 amide bonds. The Kier molecular flexibility index (Phi) is 5.34. The van der Waals surface area contributed by atoms with Crippen LogP contribution in [0.2, 0.25) is 5.02 Å². The van der Waals surface area contributed by atoms with E-state index in [0.717, 1.165) is 37.2 Å². The SMILES string of the molecule is COc1cc(Cl)c(C)cc1NC(C)C(=O)N1CCCCC1. The monoisotopic (exact) mass is 310 g/mol. The number of anilines is 1. The first-order valence-electron chi connectivity index (χ1n) is 7.42. The van der Waals surface area contributed by atoms with Gasteiger partial charge in [0.25, 0.3) is 0 Å². The standard InChI is InChI=1S/C16H23ClN2O2/c1-11-9-14(15(21-3)10-13(11)17)18-12(2)16(20)19-7-5-4-6-8-19/h9-10,12,18H,4-8H2,1-3H3. The zero-order chi connectivity index (χ0) is 15.4. The van der Waals surface area contributed by atoms with Gasteiger partial charge in [-0.15, -0.1) is 0 Å². The molecule has 1 aromatic rings. The van der Waals surface area contributed by atoms with Gasteiger partial charge in [0.05, 0.1) is 12.8 Å². The summed E-state index contributed by atoms with van der Waals surface area (Å²) >= 11 is 6.10. The molecule has 1 fully saturated rings. The zero-order valence-electron chi connectivity index (χ0n) is 12.9. The van der Waals surface area contributed by atoms with Crippen LogP contribution in [-0.2, 0) is 4.79 Å². The summed E-state index contributed by atoms with van der Waals surface area (Å²) in [5.74, 6) is 0.799. The van der Waals surface area contributed by atoms with E-state index in [0.29, 0.717) is 10.8 Å². The molecule has 1 aliphatic rings. The van der Waals surface area contributed by atoms with Crippen molar-refractivity contribution in [2.24, 2.45) is 0 Å². The fraction of sp³-hybridized carbons (Fsp3) is 0.562. The van der Waals surface area contributed by atoms with Crippen molar-refractivity contribution in [3.8, 4) is 5.75 Å². The molecule has 0 bridgehead atoms. The molecule has 0 radical (unpaired) electrons. The van der Waals surface area contributed by atoms with E-state index in [2.05, 4.69) is 5.32 Å². The van der Waals surface area contributed by atoms with Gasteiger partial charge in [-0.2, -0.15) is 0 Å². The number of hydrogen-bond donors (Lipinski definition) is 1. The van der Waals surface area contributed by atoms with E-state index in [9.17, 15) is 4.79 Å². The van der Waals surface area contributed by atoms with Crippen LogP contribution in [0.4, 0.5) is 5.69 Å². The van der Waals surface area contributed by atoms with Crippen LogP contribution in [-0.4, -0.2) is 37.0 Å². The van der Waals surface area contributed by atoms with Crippen molar-refractivity contribution in [1.29, 1.82) is 0 Å².